The molecular formula is C16H17F6NO7. The molecule has 170 valence electrons. The van der Waals surface area contributed by atoms with Crippen molar-refractivity contribution in [3.63, 3.8) is 0 Å². The van der Waals surface area contributed by atoms with Crippen LogP contribution in [0.3, 0.4) is 0 Å². The molecule has 1 atom stereocenters. The molecule has 0 saturated carbocycles. The van der Waals surface area contributed by atoms with Crippen molar-refractivity contribution in [3.8, 4) is 11.5 Å². The van der Waals surface area contributed by atoms with Gasteiger partial charge >= 0.3 is 18.5 Å². The average Bonchev–Trinajstić information content (AvgIpc) is 2.64. The van der Waals surface area contributed by atoms with E-state index in [0.717, 1.165) is 18.2 Å². The maximum Gasteiger partial charge on any atom is 0.573 e. The Hall–Kier alpha value is -2.55. The van der Waals surface area contributed by atoms with Gasteiger partial charge in [-0.25, -0.2) is 4.79 Å². The van der Waals surface area contributed by atoms with E-state index in [4.69, 9.17) is 26.2 Å². The predicted molar refractivity (Wildman–Crippen MR) is 87.4 cm³/mol. The van der Waals surface area contributed by atoms with Crippen molar-refractivity contribution in [1.29, 1.82) is 0 Å². The van der Waals surface area contributed by atoms with E-state index in [2.05, 4.69) is 9.47 Å². The van der Waals surface area contributed by atoms with Crippen LogP contribution in [-0.2, 0) is 4.79 Å². The van der Waals surface area contributed by atoms with Gasteiger partial charge in [0.05, 0.1) is 30.9 Å². The number of halogens is 6. The van der Waals surface area contributed by atoms with Crippen LogP contribution in [0.2, 0.25) is 0 Å². The fourth-order valence-electron chi connectivity index (χ4n) is 1.94. The SMILES string of the molecule is NC(CO)(CO)CO.O=C(O)C1=Cc2cc(OC(F)(F)F)ccc2OC1C(F)(F)F. The van der Waals surface area contributed by atoms with Gasteiger partial charge in [0.15, 0.2) is 0 Å². The Morgan fingerprint density at radius 2 is 1.60 bits per heavy atom. The summed E-state index contributed by atoms with van der Waals surface area (Å²) < 4.78 is 82.6. The molecule has 1 unspecified atom stereocenters. The molecule has 0 spiro atoms. The van der Waals surface area contributed by atoms with E-state index in [1.165, 1.54) is 0 Å². The van der Waals surface area contributed by atoms with E-state index >= 15 is 0 Å². The monoisotopic (exact) mass is 449 g/mol. The number of ether oxygens (including phenoxy) is 2. The number of carboxylic acids is 1. The smallest absolute Gasteiger partial charge is 0.478 e. The molecule has 8 nitrogen and oxygen atoms in total. The lowest BCUT2D eigenvalue weighted by Gasteiger charge is -2.27. The van der Waals surface area contributed by atoms with Crippen LogP contribution in [-0.4, -0.2) is 70.4 Å². The summed E-state index contributed by atoms with van der Waals surface area (Å²) in [5.74, 6) is -3.00. The van der Waals surface area contributed by atoms with Crippen LogP contribution < -0.4 is 15.2 Å². The van der Waals surface area contributed by atoms with E-state index in [1.54, 1.807) is 0 Å². The lowest BCUT2D eigenvalue weighted by molar-refractivity contribution is -0.274. The number of aliphatic hydroxyl groups is 3. The third kappa shape index (κ3) is 7.05. The number of rotatable bonds is 5. The Kier molecular flexibility index (Phi) is 8.08. The number of hydrogen-bond donors (Lipinski definition) is 5. The molecule has 0 aromatic heterocycles. The number of aliphatic carboxylic acids is 1. The highest BCUT2D eigenvalue weighted by molar-refractivity contribution is 5.95. The number of benzene rings is 1. The minimum Gasteiger partial charge on any atom is -0.478 e. The van der Waals surface area contributed by atoms with Crippen molar-refractivity contribution in [3.05, 3.63) is 29.3 Å². The summed E-state index contributed by atoms with van der Waals surface area (Å²) in [6.07, 6.45) is -12.1. The number of aliphatic hydroxyl groups excluding tert-OH is 3. The van der Waals surface area contributed by atoms with Gasteiger partial charge in [0.2, 0.25) is 6.10 Å². The molecule has 0 fully saturated rings. The molecule has 1 aromatic rings. The van der Waals surface area contributed by atoms with Gasteiger partial charge in [-0.1, -0.05) is 0 Å². The minimum atomic E-state index is -4.99. The standard InChI is InChI=1S/C12H6F6O4.C4H11NO3/c13-11(14,15)9-7(10(19)20)4-5-3-6(22-12(16,17)18)1-2-8(5)21-9;5-4(1-6,2-7)3-8/h1-4,9H,(H,19,20);6-8H,1-3,5H2. The topological polar surface area (TPSA) is 142 Å². The van der Waals surface area contributed by atoms with E-state index in [1.807, 2.05) is 0 Å². The molecule has 30 heavy (non-hydrogen) atoms. The summed E-state index contributed by atoms with van der Waals surface area (Å²) in [7, 11) is 0. The number of carbonyl (C=O) groups is 1. The Bertz CT molecular complexity index is 766. The van der Waals surface area contributed by atoms with E-state index in [-0.39, 0.29) is 5.56 Å². The Balaban J connectivity index is 0.000000479. The Labute approximate surface area is 164 Å². The highest BCUT2D eigenvalue weighted by Crippen LogP contribution is 2.39. The van der Waals surface area contributed by atoms with E-state index in [0.29, 0.717) is 6.08 Å². The lowest BCUT2D eigenvalue weighted by Crippen LogP contribution is -2.50. The Morgan fingerprint density at radius 1 is 1.07 bits per heavy atom. The highest BCUT2D eigenvalue weighted by Gasteiger charge is 2.48. The van der Waals surface area contributed by atoms with Crippen LogP contribution in [0.25, 0.3) is 6.08 Å². The molecule has 1 aliphatic rings. The van der Waals surface area contributed by atoms with Gasteiger partial charge in [0.1, 0.15) is 11.5 Å². The first-order valence-electron chi connectivity index (χ1n) is 7.85. The summed E-state index contributed by atoms with van der Waals surface area (Å²) in [4.78, 5) is 10.9. The molecule has 14 heteroatoms. The fraction of sp³-hybridized carbons (Fsp3) is 0.438. The second-order valence-electron chi connectivity index (χ2n) is 6.03. The van der Waals surface area contributed by atoms with Crippen LogP contribution in [0.15, 0.2) is 23.8 Å². The second-order valence-corrected chi connectivity index (χ2v) is 6.03. The van der Waals surface area contributed by atoms with Gasteiger partial charge in [-0.15, -0.1) is 13.2 Å². The van der Waals surface area contributed by atoms with Gasteiger partial charge in [0, 0.05) is 5.56 Å². The van der Waals surface area contributed by atoms with Crippen LogP contribution >= 0.6 is 0 Å². The molecule has 1 heterocycles. The van der Waals surface area contributed by atoms with Gasteiger partial charge < -0.3 is 35.6 Å². The molecule has 1 aromatic carbocycles. The van der Waals surface area contributed by atoms with Crippen molar-refractivity contribution in [2.45, 2.75) is 24.2 Å². The summed E-state index contributed by atoms with van der Waals surface area (Å²) in [5, 5.41) is 33.8. The minimum absolute atomic E-state index is 0.264. The predicted octanol–water partition coefficient (Wildman–Crippen LogP) is 1.04. The number of fused-ring (bicyclic) bond motifs is 1. The van der Waals surface area contributed by atoms with Crippen LogP contribution in [0, 0.1) is 0 Å². The zero-order valence-electron chi connectivity index (χ0n) is 14.9. The lowest BCUT2D eigenvalue weighted by atomic mass is 10.0. The summed E-state index contributed by atoms with van der Waals surface area (Å²) >= 11 is 0. The number of nitrogens with two attached hydrogens (primary N) is 1. The highest BCUT2D eigenvalue weighted by atomic mass is 19.4. The van der Waals surface area contributed by atoms with Crippen molar-refractivity contribution in [1.82, 2.24) is 0 Å². The first-order chi connectivity index (χ1) is 13.7. The first-order valence-corrected chi connectivity index (χ1v) is 7.85. The number of carboxylic acid groups (broad SMARTS) is 1. The normalized spacial score (nSPS) is 16.5. The van der Waals surface area contributed by atoms with Crippen LogP contribution in [0.4, 0.5) is 26.3 Å². The Morgan fingerprint density at radius 3 is 1.97 bits per heavy atom. The molecule has 0 aliphatic carbocycles. The largest absolute Gasteiger partial charge is 0.573 e. The fourth-order valence-corrected chi connectivity index (χ4v) is 1.94. The van der Waals surface area contributed by atoms with E-state index < -0.39 is 67.0 Å². The molecule has 0 saturated heterocycles. The van der Waals surface area contributed by atoms with Crippen LogP contribution in [0.1, 0.15) is 5.56 Å². The third-order valence-electron chi connectivity index (χ3n) is 3.54. The summed E-state index contributed by atoms with van der Waals surface area (Å²) in [6.45, 7) is -1.21. The van der Waals surface area contributed by atoms with Crippen molar-refractivity contribution in [2.75, 3.05) is 19.8 Å². The molecular weight excluding hydrogens is 432 g/mol. The van der Waals surface area contributed by atoms with Gasteiger partial charge in [0.25, 0.3) is 0 Å². The van der Waals surface area contributed by atoms with E-state index in [9.17, 15) is 31.1 Å². The zero-order chi connectivity index (χ0) is 23.3. The summed E-state index contributed by atoms with van der Waals surface area (Å²) in [6, 6.07) is 2.34. The quantitative estimate of drug-likeness (QED) is 0.420. The molecule has 6 N–H and O–H groups in total. The molecule has 0 radical (unpaired) electrons. The molecule has 1 aliphatic heterocycles. The van der Waals surface area contributed by atoms with Crippen molar-refractivity contribution >= 4 is 12.0 Å². The zero-order valence-corrected chi connectivity index (χ0v) is 14.9. The van der Waals surface area contributed by atoms with Gasteiger partial charge in [-0.3, -0.25) is 0 Å². The molecule has 2 rings (SSSR count). The average molecular weight is 449 g/mol. The first kappa shape index (κ1) is 25.5. The molecule has 0 amide bonds. The number of alkyl halides is 6. The third-order valence-corrected chi connectivity index (χ3v) is 3.54. The number of hydrogen-bond acceptors (Lipinski definition) is 7. The summed E-state index contributed by atoms with van der Waals surface area (Å²) in [5.41, 5.74) is 2.54. The maximum atomic E-state index is 12.7. The maximum absolute atomic E-state index is 12.7. The second kappa shape index (κ2) is 9.51. The van der Waals surface area contributed by atoms with Crippen molar-refractivity contribution in [2.24, 2.45) is 5.73 Å². The van der Waals surface area contributed by atoms with Gasteiger partial charge in [-0.2, -0.15) is 13.2 Å². The van der Waals surface area contributed by atoms with Crippen LogP contribution in [0.5, 0.6) is 11.5 Å². The molecule has 0 bridgehead atoms. The van der Waals surface area contributed by atoms with Gasteiger partial charge in [-0.05, 0) is 24.3 Å². The van der Waals surface area contributed by atoms with Crippen molar-refractivity contribution < 1.29 is 61.0 Å².